The highest BCUT2D eigenvalue weighted by atomic mass is 35.5. The van der Waals surface area contributed by atoms with Gasteiger partial charge in [-0.15, -0.1) is 22.9 Å². The van der Waals surface area contributed by atoms with Gasteiger partial charge in [-0.1, -0.05) is 30.3 Å². The fourth-order valence-electron chi connectivity index (χ4n) is 3.49. The van der Waals surface area contributed by atoms with Gasteiger partial charge in [-0.05, 0) is 46.7 Å². The molecule has 1 unspecified atom stereocenters. The number of H-pyrrole nitrogens is 1. The molecular weight excluding hydrogens is 392 g/mol. The minimum Gasteiger partial charge on any atom is -0.392 e. The van der Waals surface area contributed by atoms with Crippen LogP contribution in [0.15, 0.2) is 52.6 Å². The van der Waals surface area contributed by atoms with Gasteiger partial charge in [-0.2, -0.15) is 0 Å². The Morgan fingerprint density at radius 2 is 1.96 bits per heavy atom. The Kier molecular flexibility index (Phi) is 5.51. The summed E-state index contributed by atoms with van der Waals surface area (Å²) in [6.07, 6.45) is 0. The number of aromatic amines is 1. The Balaban J connectivity index is 1.85. The van der Waals surface area contributed by atoms with E-state index in [2.05, 4.69) is 41.5 Å². The van der Waals surface area contributed by atoms with Crippen molar-refractivity contribution in [2.24, 2.45) is 0 Å². The number of thiophene rings is 1. The van der Waals surface area contributed by atoms with Crippen LogP contribution in [0.1, 0.15) is 18.1 Å². The summed E-state index contributed by atoms with van der Waals surface area (Å²) in [7, 11) is 0. The summed E-state index contributed by atoms with van der Waals surface area (Å²) < 4.78 is 0.708. The molecule has 0 spiro atoms. The highest BCUT2D eigenvalue weighted by Crippen LogP contribution is 2.36. The zero-order valence-corrected chi connectivity index (χ0v) is 17.0. The summed E-state index contributed by atoms with van der Waals surface area (Å²) in [6, 6.07) is 14.3. The molecular formula is C22H21ClN2O2S. The van der Waals surface area contributed by atoms with E-state index in [1.165, 1.54) is 16.9 Å². The molecule has 2 heterocycles. The summed E-state index contributed by atoms with van der Waals surface area (Å²) >= 11 is 7.29. The summed E-state index contributed by atoms with van der Waals surface area (Å²) in [5.74, 6) is 0.572. The monoisotopic (exact) mass is 412 g/mol. The van der Waals surface area contributed by atoms with E-state index in [4.69, 9.17) is 11.6 Å². The maximum absolute atomic E-state index is 12.3. The summed E-state index contributed by atoms with van der Waals surface area (Å²) in [5, 5.41) is 17.2. The molecule has 1 atom stereocenters. The predicted molar refractivity (Wildman–Crippen MR) is 118 cm³/mol. The van der Waals surface area contributed by atoms with Crippen molar-refractivity contribution >= 4 is 43.9 Å². The maximum Gasteiger partial charge on any atom is 0.266 e. The van der Waals surface area contributed by atoms with Crippen molar-refractivity contribution in [3.8, 4) is 11.1 Å². The van der Waals surface area contributed by atoms with Crippen molar-refractivity contribution in [2.75, 3.05) is 5.88 Å². The van der Waals surface area contributed by atoms with Gasteiger partial charge in [0.15, 0.2) is 0 Å². The Morgan fingerprint density at radius 1 is 1.18 bits per heavy atom. The smallest absolute Gasteiger partial charge is 0.266 e. The minimum absolute atomic E-state index is 0.0629. The van der Waals surface area contributed by atoms with Crippen LogP contribution in [-0.4, -0.2) is 22.0 Å². The summed E-state index contributed by atoms with van der Waals surface area (Å²) in [6.45, 7) is 2.74. The van der Waals surface area contributed by atoms with Gasteiger partial charge >= 0.3 is 0 Å². The van der Waals surface area contributed by atoms with Gasteiger partial charge in [0.2, 0.25) is 0 Å². The second kappa shape index (κ2) is 8.05. The summed E-state index contributed by atoms with van der Waals surface area (Å²) in [4.78, 5) is 15.3. The van der Waals surface area contributed by atoms with Gasteiger partial charge in [0.25, 0.3) is 5.56 Å². The largest absolute Gasteiger partial charge is 0.392 e. The Morgan fingerprint density at radius 3 is 2.68 bits per heavy atom. The lowest BCUT2D eigenvalue weighted by atomic mass is 9.93. The number of nitrogens with one attached hydrogen (secondary N) is 2. The van der Waals surface area contributed by atoms with Crippen LogP contribution in [0.2, 0.25) is 0 Å². The molecule has 0 amide bonds. The first-order chi connectivity index (χ1) is 13.6. The van der Waals surface area contributed by atoms with Crippen molar-refractivity contribution in [3.63, 3.8) is 0 Å². The average Bonchev–Trinajstić information content (AvgIpc) is 3.22. The maximum atomic E-state index is 12.3. The van der Waals surface area contributed by atoms with Crippen LogP contribution in [0.25, 0.3) is 32.1 Å². The zero-order valence-electron chi connectivity index (χ0n) is 15.5. The van der Waals surface area contributed by atoms with Crippen molar-refractivity contribution in [1.29, 1.82) is 0 Å². The first-order valence-corrected chi connectivity index (χ1v) is 10.6. The van der Waals surface area contributed by atoms with E-state index in [1.54, 1.807) is 0 Å². The van der Waals surface area contributed by atoms with Crippen LogP contribution in [0, 0.1) is 0 Å². The zero-order chi connectivity index (χ0) is 19.7. The van der Waals surface area contributed by atoms with Crippen molar-refractivity contribution < 1.29 is 5.11 Å². The third-order valence-corrected chi connectivity index (χ3v) is 6.36. The molecule has 3 N–H and O–H groups in total. The van der Waals surface area contributed by atoms with E-state index < -0.39 is 0 Å². The highest BCUT2D eigenvalue weighted by molar-refractivity contribution is 7.17. The van der Waals surface area contributed by atoms with Gasteiger partial charge in [-0.25, -0.2) is 0 Å². The number of aliphatic hydroxyl groups is 1. The van der Waals surface area contributed by atoms with Gasteiger partial charge in [-0.3, -0.25) is 4.79 Å². The van der Waals surface area contributed by atoms with Crippen LogP contribution < -0.4 is 10.9 Å². The molecule has 0 bridgehead atoms. The number of hydrogen-bond donors (Lipinski definition) is 3. The molecule has 0 saturated carbocycles. The second-order valence-corrected chi connectivity index (χ2v) is 8.16. The molecule has 0 radical (unpaired) electrons. The first kappa shape index (κ1) is 19.2. The number of fused-ring (bicyclic) bond motifs is 3. The molecule has 0 fully saturated rings. The normalized spacial score (nSPS) is 12.7. The molecule has 4 aromatic rings. The first-order valence-electron chi connectivity index (χ1n) is 9.17. The molecule has 4 nitrogen and oxygen atoms in total. The van der Waals surface area contributed by atoms with Gasteiger partial charge in [0.05, 0.1) is 6.61 Å². The second-order valence-electron chi connectivity index (χ2n) is 6.93. The minimum atomic E-state index is -0.0740. The third kappa shape index (κ3) is 3.47. The third-order valence-electron chi connectivity index (χ3n) is 4.98. The Bertz CT molecular complexity index is 1180. The topological polar surface area (TPSA) is 65.1 Å². The van der Waals surface area contributed by atoms with Crippen molar-refractivity contribution in [2.45, 2.75) is 26.1 Å². The van der Waals surface area contributed by atoms with E-state index >= 15 is 0 Å². The molecule has 2 aromatic heterocycles. The van der Waals surface area contributed by atoms with Gasteiger partial charge < -0.3 is 15.4 Å². The van der Waals surface area contributed by atoms with Gasteiger partial charge in [0.1, 0.15) is 4.70 Å². The molecule has 6 heteroatoms. The van der Waals surface area contributed by atoms with Crippen molar-refractivity contribution in [1.82, 2.24) is 10.3 Å². The molecule has 4 rings (SSSR count). The van der Waals surface area contributed by atoms with Crippen molar-refractivity contribution in [3.05, 3.63) is 69.3 Å². The number of pyridine rings is 1. The number of hydrogen-bond acceptors (Lipinski definition) is 4. The molecule has 2 aromatic carbocycles. The Hall–Kier alpha value is -2.18. The molecule has 0 saturated heterocycles. The number of aliphatic hydroxyl groups excluding tert-OH is 1. The summed E-state index contributed by atoms with van der Waals surface area (Å²) in [5.41, 5.74) is 4.70. The average molecular weight is 413 g/mol. The van der Waals surface area contributed by atoms with Crippen LogP contribution in [0.5, 0.6) is 0 Å². The molecule has 144 valence electrons. The number of rotatable bonds is 6. The predicted octanol–water partition coefficient (Wildman–Crippen LogP) is 4.62. The highest BCUT2D eigenvalue weighted by Gasteiger charge is 2.15. The van der Waals surface area contributed by atoms with Crippen LogP contribution in [0.3, 0.4) is 0 Å². The lowest BCUT2D eigenvalue weighted by molar-refractivity contribution is 0.282. The quantitative estimate of drug-likeness (QED) is 0.405. The Labute approximate surface area is 171 Å². The van der Waals surface area contributed by atoms with Crippen LogP contribution in [0.4, 0.5) is 0 Å². The lowest BCUT2D eigenvalue weighted by Gasteiger charge is -2.14. The van der Waals surface area contributed by atoms with E-state index in [0.29, 0.717) is 10.6 Å². The van der Waals surface area contributed by atoms with E-state index in [-0.39, 0.29) is 18.2 Å². The number of benzene rings is 2. The SMILES string of the molecule is CC(CCl)NCc1ccc(-c2c(CO)ccc3[nH]c(=O)c4sccc4c23)cc1. The van der Waals surface area contributed by atoms with Gasteiger partial charge in [0, 0.05) is 34.8 Å². The molecule has 0 aliphatic rings. The van der Waals surface area contributed by atoms with Crippen LogP contribution in [-0.2, 0) is 13.2 Å². The fourth-order valence-corrected chi connectivity index (χ4v) is 4.39. The van der Waals surface area contributed by atoms with Crippen LogP contribution >= 0.6 is 22.9 Å². The van der Waals surface area contributed by atoms with E-state index in [0.717, 1.165) is 39.5 Å². The number of halogens is 1. The molecule has 0 aliphatic heterocycles. The molecule has 28 heavy (non-hydrogen) atoms. The standard InChI is InChI=1S/C22H21ClN2O2S/c1-13(10-23)24-11-14-2-4-15(5-3-14)19-16(12-26)6-7-18-20(19)17-8-9-28-21(17)22(27)25-18/h2-9,13,24,26H,10-12H2,1H3,(H,25,27). The molecule has 0 aliphatic carbocycles. The van der Waals surface area contributed by atoms with E-state index in [9.17, 15) is 9.90 Å². The fraction of sp³-hybridized carbons (Fsp3) is 0.227. The lowest BCUT2D eigenvalue weighted by Crippen LogP contribution is -2.26. The number of alkyl halides is 1. The number of aromatic nitrogens is 1. The van der Waals surface area contributed by atoms with E-state index in [1.807, 2.05) is 23.6 Å².